The first-order chi connectivity index (χ1) is 13.3. The molecule has 0 unspecified atom stereocenters. The van der Waals surface area contributed by atoms with Gasteiger partial charge < -0.3 is 4.74 Å². The molecule has 0 aliphatic carbocycles. The Balaban J connectivity index is 1.66. The van der Waals surface area contributed by atoms with Gasteiger partial charge in [-0.2, -0.15) is 0 Å². The van der Waals surface area contributed by atoms with Crippen LogP contribution in [0.15, 0.2) is 47.8 Å². The maximum absolute atomic E-state index is 13.0. The molecule has 3 rings (SSSR count). The zero-order valence-electron chi connectivity index (χ0n) is 14.5. The van der Waals surface area contributed by atoms with Gasteiger partial charge in [-0.3, -0.25) is 14.9 Å². The summed E-state index contributed by atoms with van der Waals surface area (Å²) in [6.45, 7) is 0.996. The van der Waals surface area contributed by atoms with Crippen LogP contribution >= 0.6 is 11.3 Å². The number of benzene rings is 2. The molecule has 0 aliphatic heterocycles. The van der Waals surface area contributed by atoms with Gasteiger partial charge >= 0.3 is 5.97 Å². The standard InChI is InChI=1S/C19H13FN2O5S/c1-11-2-3-13(8-16(11)22(25)26)17(23)9-27-19(24)15-10-28-18(21-15)12-4-6-14(20)7-5-12/h2-8,10H,9H2,1H3. The molecule has 0 fully saturated rings. The number of ether oxygens (including phenoxy) is 1. The fraction of sp³-hybridized carbons (Fsp3) is 0.105. The van der Waals surface area contributed by atoms with Crippen molar-refractivity contribution in [1.82, 2.24) is 4.98 Å². The molecule has 9 heteroatoms. The molecule has 1 aromatic heterocycles. The highest BCUT2D eigenvalue weighted by Crippen LogP contribution is 2.24. The normalized spacial score (nSPS) is 10.5. The van der Waals surface area contributed by atoms with Gasteiger partial charge in [-0.1, -0.05) is 12.1 Å². The van der Waals surface area contributed by atoms with E-state index in [4.69, 9.17) is 4.74 Å². The van der Waals surface area contributed by atoms with E-state index in [1.807, 2.05) is 0 Å². The average molecular weight is 400 g/mol. The van der Waals surface area contributed by atoms with Gasteiger partial charge in [0, 0.05) is 28.1 Å². The number of rotatable bonds is 6. The van der Waals surface area contributed by atoms with Gasteiger partial charge in [-0.05, 0) is 31.2 Å². The Labute approximate surface area is 162 Å². The van der Waals surface area contributed by atoms with Crippen LogP contribution in [-0.2, 0) is 4.74 Å². The minimum Gasteiger partial charge on any atom is -0.453 e. The molecule has 28 heavy (non-hydrogen) atoms. The van der Waals surface area contributed by atoms with Crippen LogP contribution in [-0.4, -0.2) is 28.3 Å². The van der Waals surface area contributed by atoms with Crippen molar-refractivity contribution in [1.29, 1.82) is 0 Å². The van der Waals surface area contributed by atoms with Gasteiger partial charge in [0.05, 0.1) is 4.92 Å². The smallest absolute Gasteiger partial charge is 0.358 e. The highest BCUT2D eigenvalue weighted by molar-refractivity contribution is 7.13. The highest BCUT2D eigenvalue weighted by atomic mass is 32.1. The molecule has 7 nitrogen and oxygen atoms in total. The lowest BCUT2D eigenvalue weighted by atomic mass is 10.1. The number of esters is 1. The van der Waals surface area contributed by atoms with E-state index in [2.05, 4.69) is 4.98 Å². The quantitative estimate of drug-likeness (QED) is 0.266. The van der Waals surface area contributed by atoms with Gasteiger partial charge in [0.15, 0.2) is 12.3 Å². The number of aryl methyl sites for hydroxylation is 1. The molecule has 0 atom stereocenters. The number of hydrogen-bond acceptors (Lipinski definition) is 7. The number of aromatic nitrogens is 1. The number of nitro groups is 1. The minimum atomic E-state index is -0.792. The number of thiazole rings is 1. The van der Waals surface area contributed by atoms with Gasteiger partial charge in [-0.25, -0.2) is 14.2 Å². The van der Waals surface area contributed by atoms with E-state index in [0.717, 1.165) is 6.07 Å². The lowest BCUT2D eigenvalue weighted by molar-refractivity contribution is -0.385. The predicted molar refractivity (Wildman–Crippen MR) is 100.0 cm³/mol. The zero-order valence-corrected chi connectivity index (χ0v) is 15.4. The summed E-state index contributed by atoms with van der Waals surface area (Å²) in [4.78, 5) is 38.8. The first kappa shape index (κ1) is 19.3. The molecule has 0 bridgehead atoms. The SMILES string of the molecule is Cc1ccc(C(=O)COC(=O)c2csc(-c3ccc(F)cc3)n2)cc1[N+](=O)[O-]. The number of halogens is 1. The lowest BCUT2D eigenvalue weighted by Crippen LogP contribution is -2.14. The number of ketones is 1. The maximum atomic E-state index is 13.0. The fourth-order valence-corrected chi connectivity index (χ4v) is 3.16. The van der Waals surface area contributed by atoms with Crippen molar-refractivity contribution in [2.24, 2.45) is 0 Å². The summed E-state index contributed by atoms with van der Waals surface area (Å²) in [7, 11) is 0. The van der Waals surface area contributed by atoms with Gasteiger partial charge in [0.2, 0.25) is 5.78 Å². The van der Waals surface area contributed by atoms with E-state index in [-0.39, 0.29) is 22.8 Å². The second-order valence-electron chi connectivity index (χ2n) is 5.80. The van der Waals surface area contributed by atoms with Crippen molar-refractivity contribution < 1.29 is 23.6 Å². The van der Waals surface area contributed by atoms with Crippen LogP contribution in [0.5, 0.6) is 0 Å². The van der Waals surface area contributed by atoms with E-state index in [0.29, 0.717) is 16.1 Å². The summed E-state index contributed by atoms with van der Waals surface area (Å²) in [5.74, 6) is -1.74. The summed E-state index contributed by atoms with van der Waals surface area (Å²) in [6.07, 6.45) is 0. The topological polar surface area (TPSA) is 99.4 Å². The summed E-state index contributed by atoms with van der Waals surface area (Å²) < 4.78 is 18.0. The second-order valence-corrected chi connectivity index (χ2v) is 6.66. The van der Waals surface area contributed by atoms with Crippen molar-refractivity contribution in [2.45, 2.75) is 6.92 Å². The Morgan fingerprint density at radius 1 is 1.21 bits per heavy atom. The Bertz CT molecular complexity index is 1060. The van der Waals surface area contributed by atoms with Gasteiger partial charge in [0.25, 0.3) is 5.69 Å². The van der Waals surface area contributed by atoms with E-state index >= 15 is 0 Å². The Kier molecular flexibility index (Phi) is 5.55. The average Bonchev–Trinajstić information content (AvgIpc) is 3.16. The number of nitro benzene ring substituents is 1. The van der Waals surface area contributed by atoms with Crippen LogP contribution in [0.4, 0.5) is 10.1 Å². The highest BCUT2D eigenvalue weighted by Gasteiger charge is 2.18. The number of Topliss-reactive ketones (excluding diaryl/α,β-unsaturated/α-hetero) is 1. The Morgan fingerprint density at radius 2 is 1.93 bits per heavy atom. The van der Waals surface area contributed by atoms with Crippen LogP contribution < -0.4 is 0 Å². The molecule has 0 saturated heterocycles. The van der Waals surface area contributed by atoms with E-state index in [1.54, 1.807) is 6.92 Å². The summed E-state index contributed by atoms with van der Waals surface area (Å²) in [5, 5.41) is 12.9. The molecule has 0 N–H and O–H groups in total. The third-order valence-corrected chi connectivity index (χ3v) is 4.76. The van der Waals surface area contributed by atoms with Crippen LogP contribution in [0.25, 0.3) is 10.6 Å². The largest absolute Gasteiger partial charge is 0.453 e. The van der Waals surface area contributed by atoms with Crippen LogP contribution in [0.1, 0.15) is 26.4 Å². The van der Waals surface area contributed by atoms with Crippen molar-refractivity contribution in [3.05, 3.63) is 80.6 Å². The number of carbonyl (C=O) groups is 2. The van der Waals surface area contributed by atoms with E-state index in [1.165, 1.54) is 53.1 Å². The molecule has 1 heterocycles. The van der Waals surface area contributed by atoms with Crippen LogP contribution in [0, 0.1) is 22.9 Å². The molecular weight excluding hydrogens is 387 g/mol. The van der Waals surface area contributed by atoms with E-state index in [9.17, 15) is 24.1 Å². The molecule has 0 amide bonds. The summed E-state index contributed by atoms with van der Waals surface area (Å²) >= 11 is 1.18. The molecule has 3 aromatic rings. The summed E-state index contributed by atoms with van der Waals surface area (Å²) in [5.41, 5.74) is 0.992. The first-order valence-electron chi connectivity index (χ1n) is 8.02. The molecule has 0 aliphatic rings. The van der Waals surface area contributed by atoms with Crippen LogP contribution in [0.3, 0.4) is 0 Å². The zero-order chi connectivity index (χ0) is 20.3. The Morgan fingerprint density at radius 3 is 2.61 bits per heavy atom. The molecular formula is C19H13FN2O5S. The second kappa shape index (κ2) is 8.05. The molecule has 0 saturated carbocycles. The fourth-order valence-electron chi connectivity index (χ4n) is 2.36. The lowest BCUT2D eigenvalue weighted by Gasteiger charge is -2.04. The van der Waals surface area contributed by atoms with Gasteiger partial charge in [-0.15, -0.1) is 11.3 Å². The van der Waals surface area contributed by atoms with E-state index < -0.39 is 23.3 Å². The van der Waals surface area contributed by atoms with Crippen molar-refractivity contribution in [3.8, 4) is 10.6 Å². The van der Waals surface area contributed by atoms with Crippen molar-refractivity contribution >= 4 is 28.8 Å². The first-order valence-corrected chi connectivity index (χ1v) is 8.90. The third kappa shape index (κ3) is 4.26. The number of nitrogens with zero attached hydrogens (tertiary/aromatic N) is 2. The third-order valence-electron chi connectivity index (χ3n) is 3.87. The predicted octanol–water partition coefficient (Wildman–Crippen LogP) is 4.21. The molecule has 0 radical (unpaired) electrons. The monoisotopic (exact) mass is 400 g/mol. The molecule has 0 spiro atoms. The Hall–Kier alpha value is -3.46. The van der Waals surface area contributed by atoms with Crippen LogP contribution in [0.2, 0.25) is 0 Å². The minimum absolute atomic E-state index is 0.0204. The summed E-state index contributed by atoms with van der Waals surface area (Å²) in [6, 6.07) is 9.70. The molecule has 2 aromatic carbocycles. The number of hydrogen-bond donors (Lipinski definition) is 0. The number of carbonyl (C=O) groups excluding carboxylic acids is 2. The van der Waals surface area contributed by atoms with Crippen molar-refractivity contribution in [3.63, 3.8) is 0 Å². The molecule has 142 valence electrons. The maximum Gasteiger partial charge on any atom is 0.358 e. The van der Waals surface area contributed by atoms with Crippen molar-refractivity contribution in [2.75, 3.05) is 6.61 Å². The van der Waals surface area contributed by atoms with Gasteiger partial charge in [0.1, 0.15) is 10.8 Å².